The molecule has 1 atom stereocenters. The van der Waals surface area contributed by atoms with Crippen molar-refractivity contribution in [3.8, 4) is 0 Å². The van der Waals surface area contributed by atoms with Crippen LogP contribution in [0.25, 0.3) is 0 Å². The van der Waals surface area contributed by atoms with E-state index in [1.54, 1.807) is 34.6 Å². The Labute approximate surface area is 159 Å². The van der Waals surface area contributed by atoms with Gasteiger partial charge in [-0.05, 0) is 41.0 Å². The average Bonchev–Trinajstić information content (AvgIpc) is 2.51. The number of amides is 1. The van der Waals surface area contributed by atoms with Gasteiger partial charge in [0.2, 0.25) is 0 Å². The van der Waals surface area contributed by atoms with Gasteiger partial charge in [-0.15, -0.1) is 0 Å². The number of alkyl carbamates (subject to hydrolysis) is 1. The molecule has 0 heterocycles. The summed E-state index contributed by atoms with van der Waals surface area (Å²) in [6.07, 6.45) is -1.90. The Morgan fingerprint density at radius 1 is 1.07 bits per heavy atom. The first kappa shape index (κ1) is 24.7. The molecule has 156 valence electrons. The molecule has 27 heavy (non-hydrogen) atoms. The molecule has 1 amide bonds. The maximum Gasteiger partial charge on any atom is 0.407 e. The van der Waals surface area contributed by atoms with Crippen molar-refractivity contribution in [2.75, 3.05) is 13.2 Å². The molecule has 0 saturated heterocycles. The summed E-state index contributed by atoms with van der Waals surface area (Å²) in [5, 5.41) is 11.5. The normalized spacial score (nSPS) is 12.7. The molecule has 0 spiro atoms. The Morgan fingerprint density at radius 3 is 2.15 bits per heavy atom. The van der Waals surface area contributed by atoms with Crippen LogP contribution in [-0.4, -0.2) is 54.0 Å². The van der Waals surface area contributed by atoms with E-state index < -0.39 is 41.1 Å². The third kappa shape index (κ3) is 11.1. The first-order chi connectivity index (χ1) is 12.3. The van der Waals surface area contributed by atoms with E-state index in [1.165, 1.54) is 0 Å². The van der Waals surface area contributed by atoms with Crippen LogP contribution >= 0.6 is 0 Å². The second-order valence-electron chi connectivity index (χ2n) is 7.66. The number of nitrogens with one attached hydrogen (secondary N) is 1. The molecule has 9 nitrogen and oxygen atoms in total. The lowest BCUT2D eigenvalue weighted by Gasteiger charge is -2.21. The minimum absolute atomic E-state index is 0.0428. The van der Waals surface area contributed by atoms with E-state index in [1.807, 2.05) is 6.92 Å². The number of carboxylic acid groups (broad SMARTS) is 1. The van der Waals surface area contributed by atoms with Crippen LogP contribution in [-0.2, 0) is 28.6 Å². The Morgan fingerprint density at radius 2 is 1.67 bits per heavy atom. The van der Waals surface area contributed by atoms with Crippen LogP contribution in [0.4, 0.5) is 4.79 Å². The summed E-state index contributed by atoms with van der Waals surface area (Å²) in [5.41, 5.74) is -1.33. The van der Waals surface area contributed by atoms with Crippen LogP contribution in [0.2, 0.25) is 0 Å². The summed E-state index contributed by atoms with van der Waals surface area (Å²) >= 11 is 0. The van der Waals surface area contributed by atoms with Crippen LogP contribution in [0, 0.1) is 5.41 Å². The van der Waals surface area contributed by atoms with Gasteiger partial charge in [-0.2, -0.15) is 0 Å². The minimum Gasteiger partial charge on any atom is -0.479 e. The zero-order valence-corrected chi connectivity index (χ0v) is 16.9. The van der Waals surface area contributed by atoms with E-state index in [0.717, 1.165) is 0 Å². The van der Waals surface area contributed by atoms with Crippen molar-refractivity contribution in [1.29, 1.82) is 0 Å². The van der Waals surface area contributed by atoms with Crippen LogP contribution in [0.3, 0.4) is 0 Å². The van der Waals surface area contributed by atoms with E-state index in [4.69, 9.17) is 19.3 Å². The highest BCUT2D eigenvalue weighted by molar-refractivity contribution is 5.79. The van der Waals surface area contributed by atoms with Crippen LogP contribution in [0.1, 0.15) is 60.8 Å². The first-order valence-electron chi connectivity index (χ1n) is 8.85. The molecular weight excluding hydrogens is 358 g/mol. The Bertz CT molecular complexity index is 536. The third-order valence-corrected chi connectivity index (χ3v) is 3.60. The fourth-order valence-electron chi connectivity index (χ4n) is 1.64. The SMILES string of the molecule is CCC(C)(C)C(=O)OCCC(=O)OC(CCNC(=O)OC(C)(C)C)C(=O)O. The van der Waals surface area contributed by atoms with Crippen LogP contribution in [0.15, 0.2) is 0 Å². The number of ether oxygens (including phenoxy) is 3. The predicted octanol–water partition coefficient (Wildman–Crippen LogP) is 2.27. The van der Waals surface area contributed by atoms with Gasteiger partial charge in [0.25, 0.3) is 0 Å². The second-order valence-corrected chi connectivity index (χ2v) is 7.66. The molecule has 0 fully saturated rings. The highest BCUT2D eigenvalue weighted by atomic mass is 16.6. The molecule has 0 aromatic carbocycles. The van der Waals surface area contributed by atoms with Crippen molar-refractivity contribution in [2.24, 2.45) is 5.41 Å². The van der Waals surface area contributed by atoms with Gasteiger partial charge in [-0.3, -0.25) is 9.59 Å². The number of esters is 2. The van der Waals surface area contributed by atoms with Gasteiger partial charge >= 0.3 is 24.0 Å². The fourth-order valence-corrected chi connectivity index (χ4v) is 1.64. The van der Waals surface area contributed by atoms with E-state index in [9.17, 15) is 19.2 Å². The lowest BCUT2D eigenvalue weighted by molar-refractivity contribution is -0.166. The monoisotopic (exact) mass is 389 g/mol. The lowest BCUT2D eigenvalue weighted by Crippen LogP contribution is -2.36. The van der Waals surface area contributed by atoms with Crippen molar-refractivity contribution in [3.05, 3.63) is 0 Å². The van der Waals surface area contributed by atoms with E-state index in [-0.39, 0.29) is 26.0 Å². The Hall–Kier alpha value is -2.32. The van der Waals surface area contributed by atoms with Gasteiger partial charge in [-0.25, -0.2) is 9.59 Å². The molecule has 9 heteroatoms. The number of rotatable bonds is 10. The van der Waals surface area contributed by atoms with Gasteiger partial charge < -0.3 is 24.6 Å². The zero-order valence-electron chi connectivity index (χ0n) is 16.9. The summed E-state index contributed by atoms with van der Waals surface area (Å²) in [4.78, 5) is 46.2. The van der Waals surface area contributed by atoms with Crippen molar-refractivity contribution in [2.45, 2.75) is 72.5 Å². The summed E-state index contributed by atoms with van der Waals surface area (Å²) in [6, 6.07) is 0. The average molecular weight is 389 g/mol. The molecule has 0 saturated carbocycles. The summed E-state index contributed by atoms with van der Waals surface area (Å²) in [7, 11) is 0. The maximum atomic E-state index is 11.8. The van der Waals surface area contributed by atoms with E-state index >= 15 is 0 Å². The molecule has 2 N–H and O–H groups in total. The highest BCUT2D eigenvalue weighted by Gasteiger charge is 2.28. The van der Waals surface area contributed by atoms with Gasteiger partial charge in [0.15, 0.2) is 6.10 Å². The molecule has 0 rings (SSSR count). The van der Waals surface area contributed by atoms with Crippen molar-refractivity contribution in [1.82, 2.24) is 5.32 Å². The number of hydrogen-bond acceptors (Lipinski definition) is 7. The molecule has 0 radical (unpaired) electrons. The van der Waals surface area contributed by atoms with Gasteiger partial charge in [-0.1, -0.05) is 6.92 Å². The molecule has 0 aliphatic heterocycles. The summed E-state index contributed by atoms with van der Waals surface area (Å²) in [5.74, 6) is -2.57. The number of carbonyl (C=O) groups is 4. The van der Waals surface area contributed by atoms with Crippen molar-refractivity contribution in [3.63, 3.8) is 0 Å². The molecule has 0 aromatic heterocycles. The standard InChI is InChI=1S/C18H31NO8/c1-7-18(5,6)15(23)25-11-9-13(20)26-12(14(21)22)8-10-19-16(24)27-17(2,3)4/h12H,7-11H2,1-6H3,(H,19,24)(H,21,22). The number of carboxylic acids is 1. The summed E-state index contributed by atoms with van der Waals surface area (Å²) in [6.45, 7) is 10.2. The van der Waals surface area contributed by atoms with E-state index in [0.29, 0.717) is 6.42 Å². The molecule has 0 aliphatic carbocycles. The summed E-state index contributed by atoms with van der Waals surface area (Å²) < 4.78 is 14.9. The Kier molecular flexibility index (Phi) is 9.82. The van der Waals surface area contributed by atoms with E-state index in [2.05, 4.69) is 5.32 Å². The maximum absolute atomic E-state index is 11.8. The topological polar surface area (TPSA) is 128 Å². The smallest absolute Gasteiger partial charge is 0.407 e. The zero-order chi connectivity index (χ0) is 21.3. The Balaban J connectivity index is 4.30. The second kappa shape index (κ2) is 10.7. The van der Waals surface area contributed by atoms with Crippen molar-refractivity contribution < 1.29 is 38.5 Å². The van der Waals surface area contributed by atoms with Gasteiger partial charge in [0, 0.05) is 13.0 Å². The van der Waals surface area contributed by atoms with Gasteiger partial charge in [0.1, 0.15) is 12.2 Å². The lowest BCUT2D eigenvalue weighted by atomic mass is 9.91. The minimum atomic E-state index is -1.42. The molecule has 1 unspecified atom stereocenters. The van der Waals surface area contributed by atoms with Crippen LogP contribution in [0.5, 0.6) is 0 Å². The highest BCUT2D eigenvalue weighted by Crippen LogP contribution is 2.21. The molecular formula is C18H31NO8. The first-order valence-corrected chi connectivity index (χ1v) is 8.85. The fraction of sp³-hybridized carbons (Fsp3) is 0.778. The molecule has 0 aromatic rings. The largest absolute Gasteiger partial charge is 0.479 e. The third-order valence-electron chi connectivity index (χ3n) is 3.60. The van der Waals surface area contributed by atoms with Gasteiger partial charge in [0.05, 0.1) is 11.8 Å². The molecule has 0 bridgehead atoms. The van der Waals surface area contributed by atoms with Crippen LogP contribution < -0.4 is 5.32 Å². The quantitative estimate of drug-likeness (QED) is 0.430. The molecule has 0 aliphatic rings. The van der Waals surface area contributed by atoms with Crippen molar-refractivity contribution >= 4 is 24.0 Å². The number of carbonyl (C=O) groups excluding carboxylic acids is 3. The number of aliphatic carboxylic acids is 1. The number of hydrogen-bond donors (Lipinski definition) is 2. The predicted molar refractivity (Wildman–Crippen MR) is 96.0 cm³/mol.